The zero-order valence-corrected chi connectivity index (χ0v) is 17.5. The summed E-state index contributed by atoms with van der Waals surface area (Å²) in [6.45, 7) is 10.1. The minimum absolute atomic E-state index is 0.126. The van der Waals surface area contributed by atoms with Crippen molar-refractivity contribution in [2.75, 3.05) is 44.2 Å². The van der Waals surface area contributed by atoms with Gasteiger partial charge in [0.15, 0.2) is 0 Å². The number of rotatable bonds is 7. The van der Waals surface area contributed by atoms with Crippen molar-refractivity contribution < 1.29 is 4.39 Å². The average Bonchev–Trinajstić information content (AvgIpc) is 2.75. The van der Waals surface area contributed by atoms with Crippen molar-refractivity contribution in [3.63, 3.8) is 0 Å². The van der Waals surface area contributed by atoms with E-state index in [9.17, 15) is 4.39 Å². The third kappa shape index (κ3) is 4.93. The number of piperazine rings is 1. The molecule has 0 N–H and O–H groups in total. The van der Waals surface area contributed by atoms with Crippen molar-refractivity contribution in [1.82, 2.24) is 19.8 Å². The predicted octanol–water partition coefficient (Wildman–Crippen LogP) is 3.49. The molecule has 0 radical (unpaired) electrons. The summed E-state index contributed by atoms with van der Waals surface area (Å²) in [7, 11) is 0. The highest BCUT2D eigenvalue weighted by molar-refractivity contribution is 5.50. The lowest BCUT2D eigenvalue weighted by Gasteiger charge is -2.37. The Hall–Kier alpha value is -2.05. The highest BCUT2D eigenvalue weighted by Gasteiger charge is 2.26. The molecule has 2 aliphatic rings. The van der Waals surface area contributed by atoms with Crippen molar-refractivity contribution >= 4 is 5.82 Å². The fourth-order valence-corrected chi connectivity index (χ4v) is 4.43. The normalized spacial score (nSPS) is 18.1. The van der Waals surface area contributed by atoms with Crippen LogP contribution in [0.1, 0.15) is 43.0 Å². The van der Waals surface area contributed by atoms with Crippen LogP contribution in [-0.2, 0) is 19.5 Å². The topological polar surface area (TPSA) is 35.5 Å². The molecular formula is C23H32FN5. The van der Waals surface area contributed by atoms with E-state index in [1.807, 2.05) is 12.1 Å². The summed E-state index contributed by atoms with van der Waals surface area (Å²) >= 11 is 0. The Morgan fingerprint density at radius 1 is 0.966 bits per heavy atom. The van der Waals surface area contributed by atoms with Crippen LogP contribution < -0.4 is 4.90 Å². The summed E-state index contributed by atoms with van der Waals surface area (Å²) < 4.78 is 14.0. The minimum Gasteiger partial charge on any atom is -0.354 e. The lowest BCUT2D eigenvalue weighted by Crippen LogP contribution is -2.47. The van der Waals surface area contributed by atoms with E-state index in [0.29, 0.717) is 6.54 Å². The molecule has 0 aliphatic carbocycles. The van der Waals surface area contributed by atoms with Crippen LogP contribution in [0.25, 0.3) is 0 Å². The monoisotopic (exact) mass is 397 g/mol. The van der Waals surface area contributed by atoms with E-state index in [-0.39, 0.29) is 5.82 Å². The maximum absolute atomic E-state index is 14.0. The summed E-state index contributed by atoms with van der Waals surface area (Å²) in [5.41, 5.74) is 3.14. The third-order valence-corrected chi connectivity index (χ3v) is 6.16. The number of nitrogens with zero attached hydrogens (tertiary/aromatic N) is 5. The first-order valence-electron chi connectivity index (χ1n) is 11.0. The standard InChI is InChI=1S/C23H32FN5/c1-2-3-6-10-27-12-14-29(15-13-27)23-20-9-11-28(17-22(20)25-18-26-23)16-19-7-4-5-8-21(19)24/h4-5,7-8,18H,2-3,6,9-17H2,1H3. The van der Waals surface area contributed by atoms with Gasteiger partial charge >= 0.3 is 0 Å². The molecule has 0 amide bonds. The van der Waals surface area contributed by atoms with Crippen molar-refractivity contribution in [3.8, 4) is 0 Å². The number of hydrogen-bond acceptors (Lipinski definition) is 5. The van der Waals surface area contributed by atoms with Crippen LogP contribution in [0.4, 0.5) is 10.2 Å². The zero-order chi connectivity index (χ0) is 20.1. The zero-order valence-electron chi connectivity index (χ0n) is 17.5. The van der Waals surface area contributed by atoms with Gasteiger partial charge < -0.3 is 4.90 Å². The maximum atomic E-state index is 14.0. The van der Waals surface area contributed by atoms with E-state index in [4.69, 9.17) is 0 Å². The van der Waals surface area contributed by atoms with E-state index in [1.165, 1.54) is 37.4 Å². The van der Waals surface area contributed by atoms with Crippen molar-refractivity contribution in [2.24, 2.45) is 0 Å². The van der Waals surface area contributed by atoms with Crippen LogP contribution in [0.3, 0.4) is 0 Å². The summed E-state index contributed by atoms with van der Waals surface area (Å²) in [5.74, 6) is 0.993. The smallest absolute Gasteiger partial charge is 0.135 e. The van der Waals surface area contributed by atoms with E-state index in [1.54, 1.807) is 12.4 Å². The molecule has 0 atom stereocenters. The molecule has 1 fully saturated rings. The van der Waals surface area contributed by atoms with Gasteiger partial charge in [0.1, 0.15) is 18.0 Å². The Bertz CT molecular complexity index is 804. The summed E-state index contributed by atoms with van der Waals surface area (Å²) in [5, 5.41) is 0. The van der Waals surface area contributed by atoms with Gasteiger partial charge in [-0.15, -0.1) is 0 Å². The molecule has 1 saturated heterocycles. The molecule has 6 heteroatoms. The van der Waals surface area contributed by atoms with Crippen LogP contribution in [-0.4, -0.2) is 59.0 Å². The highest BCUT2D eigenvalue weighted by atomic mass is 19.1. The lowest BCUT2D eigenvalue weighted by atomic mass is 10.0. The molecule has 2 aromatic rings. The molecule has 0 unspecified atom stereocenters. The SMILES string of the molecule is CCCCCN1CCN(c2ncnc3c2CCN(Cc2ccccc2F)C3)CC1. The van der Waals surface area contributed by atoms with Gasteiger partial charge in [-0.1, -0.05) is 38.0 Å². The molecule has 2 aliphatic heterocycles. The third-order valence-electron chi connectivity index (χ3n) is 6.16. The van der Waals surface area contributed by atoms with Crippen LogP contribution >= 0.6 is 0 Å². The molecule has 0 spiro atoms. The van der Waals surface area contributed by atoms with Crippen LogP contribution in [0.5, 0.6) is 0 Å². The number of aromatic nitrogens is 2. The Morgan fingerprint density at radius 3 is 2.59 bits per heavy atom. The van der Waals surface area contributed by atoms with Gasteiger partial charge in [0.05, 0.1) is 5.69 Å². The molecule has 29 heavy (non-hydrogen) atoms. The molecule has 5 nitrogen and oxygen atoms in total. The van der Waals surface area contributed by atoms with E-state index >= 15 is 0 Å². The summed E-state index contributed by atoms with van der Waals surface area (Å²) in [6, 6.07) is 7.05. The first-order valence-corrected chi connectivity index (χ1v) is 11.0. The first kappa shape index (κ1) is 20.2. The lowest BCUT2D eigenvalue weighted by molar-refractivity contribution is 0.236. The number of anilines is 1. The molecule has 0 bridgehead atoms. The Labute approximate surface area is 173 Å². The number of benzene rings is 1. The Kier molecular flexibility index (Phi) is 6.72. The number of halogens is 1. The second-order valence-corrected chi connectivity index (χ2v) is 8.21. The van der Waals surface area contributed by atoms with Gasteiger partial charge in [-0.2, -0.15) is 0 Å². The summed E-state index contributed by atoms with van der Waals surface area (Å²) in [6.07, 6.45) is 6.53. The summed E-state index contributed by atoms with van der Waals surface area (Å²) in [4.78, 5) is 16.5. The van der Waals surface area contributed by atoms with E-state index in [2.05, 4.69) is 31.6 Å². The van der Waals surface area contributed by atoms with Crippen molar-refractivity contribution in [3.05, 3.63) is 53.2 Å². The molecular weight excluding hydrogens is 365 g/mol. The maximum Gasteiger partial charge on any atom is 0.135 e. The second-order valence-electron chi connectivity index (χ2n) is 8.21. The van der Waals surface area contributed by atoms with E-state index < -0.39 is 0 Å². The van der Waals surface area contributed by atoms with Crippen molar-refractivity contribution in [2.45, 2.75) is 45.7 Å². The van der Waals surface area contributed by atoms with Crippen LogP contribution in [0.15, 0.2) is 30.6 Å². The van der Waals surface area contributed by atoms with Gasteiger partial charge in [0.2, 0.25) is 0 Å². The van der Waals surface area contributed by atoms with E-state index in [0.717, 1.165) is 62.8 Å². The molecule has 0 saturated carbocycles. The largest absolute Gasteiger partial charge is 0.354 e. The minimum atomic E-state index is -0.126. The number of unbranched alkanes of at least 4 members (excludes halogenated alkanes) is 2. The van der Waals surface area contributed by atoms with Crippen LogP contribution in [0, 0.1) is 5.82 Å². The first-order chi connectivity index (χ1) is 14.2. The second kappa shape index (κ2) is 9.63. The highest BCUT2D eigenvalue weighted by Crippen LogP contribution is 2.27. The Balaban J connectivity index is 1.38. The quantitative estimate of drug-likeness (QED) is 0.669. The Morgan fingerprint density at radius 2 is 1.79 bits per heavy atom. The fourth-order valence-electron chi connectivity index (χ4n) is 4.43. The number of fused-ring (bicyclic) bond motifs is 1. The average molecular weight is 398 g/mol. The predicted molar refractivity (Wildman–Crippen MR) is 114 cm³/mol. The van der Waals surface area contributed by atoms with Gasteiger partial charge in [-0.05, 0) is 25.5 Å². The van der Waals surface area contributed by atoms with Crippen molar-refractivity contribution in [1.29, 1.82) is 0 Å². The van der Waals surface area contributed by atoms with Crippen LogP contribution in [0.2, 0.25) is 0 Å². The van der Waals surface area contributed by atoms with Gasteiger partial charge in [0.25, 0.3) is 0 Å². The van der Waals surface area contributed by atoms with Gasteiger partial charge in [-0.25, -0.2) is 14.4 Å². The molecule has 4 rings (SSSR count). The molecule has 156 valence electrons. The molecule has 3 heterocycles. The molecule has 1 aromatic heterocycles. The molecule has 1 aromatic carbocycles. The van der Waals surface area contributed by atoms with Gasteiger partial charge in [0, 0.05) is 56.9 Å². The van der Waals surface area contributed by atoms with Gasteiger partial charge in [-0.3, -0.25) is 9.80 Å². The number of hydrogen-bond donors (Lipinski definition) is 0. The fraction of sp³-hybridized carbons (Fsp3) is 0.565.